The number of carbonyl (C=O) groups is 1. The van der Waals surface area contributed by atoms with Crippen molar-refractivity contribution in [2.24, 2.45) is 5.73 Å². The number of hydrogen-bond acceptors (Lipinski definition) is 4. The smallest absolute Gasteiger partial charge is 0.269 e. The van der Waals surface area contributed by atoms with Crippen LogP contribution in [0.4, 0.5) is 11.4 Å². The molecular weight excluding hydrogens is 284 g/mol. The molecule has 2 aromatic rings. The molecule has 0 saturated carbocycles. The molecule has 0 aliphatic carbocycles. The summed E-state index contributed by atoms with van der Waals surface area (Å²) in [5, 5.41) is 2.56. The van der Waals surface area contributed by atoms with E-state index < -0.39 is 0 Å². The number of nitrogens with one attached hydrogen (secondary N) is 1. The van der Waals surface area contributed by atoms with Crippen molar-refractivity contribution in [3.05, 3.63) is 53.9 Å². The van der Waals surface area contributed by atoms with Gasteiger partial charge < -0.3 is 16.0 Å². The number of rotatable bonds is 4. The lowest BCUT2D eigenvalue weighted by atomic mass is 10.2. The van der Waals surface area contributed by atoms with Crippen LogP contribution in [0.3, 0.4) is 0 Å². The number of thiocarbonyl (C=S) groups is 1. The third kappa shape index (κ3) is 3.35. The minimum atomic E-state index is -0.214. The molecule has 1 amide bonds. The van der Waals surface area contributed by atoms with Crippen LogP contribution in [0.5, 0.6) is 0 Å². The number of anilines is 2. The lowest BCUT2D eigenvalue weighted by molar-refractivity contribution is 0.0958. The molecule has 0 aliphatic heterocycles. The van der Waals surface area contributed by atoms with Gasteiger partial charge in [-0.25, -0.2) is 0 Å². The Bertz CT molecular complexity index is 670. The molecule has 0 unspecified atom stereocenters. The molecule has 1 heterocycles. The molecule has 0 aliphatic rings. The number of nitrogens with two attached hydrogens (primary N) is 1. The van der Waals surface area contributed by atoms with Gasteiger partial charge in [-0.05, 0) is 36.4 Å². The van der Waals surface area contributed by atoms with Gasteiger partial charge >= 0.3 is 0 Å². The first-order chi connectivity index (χ1) is 10.0. The van der Waals surface area contributed by atoms with Crippen molar-refractivity contribution in [1.29, 1.82) is 0 Å². The molecule has 0 spiro atoms. The molecule has 108 valence electrons. The number of carbonyl (C=O) groups excluding carboxylic acids is 1. The largest absolute Gasteiger partial charge is 0.389 e. The van der Waals surface area contributed by atoms with Crippen molar-refractivity contribution in [2.75, 3.05) is 19.0 Å². The van der Waals surface area contributed by atoms with Crippen LogP contribution >= 0.6 is 12.2 Å². The van der Waals surface area contributed by atoms with Gasteiger partial charge in [0.2, 0.25) is 0 Å². The van der Waals surface area contributed by atoms with E-state index in [4.69, 9.17) is 18.0 Å². The zero-order chi connectivity index (χ0) is 15.4. The van der Waals surface area contributed by atoms with E-state index in [9.17, 15) is 4.79 Å². The molecule has 1 aromatic heterocycles. The molecule has 0 saturated heterocycles. The summed E-state index contributed by atoms with van der Waals surface area (Å²) in [5.41, 5.74) is 8.61. The standard InChI is InChI=1S/C15H16N4OS/c1-17-15(20)13-9-12(7-8-18-13)19(2)11-5-3-10(4-6-11)14(16)21/h3-9H,1-2H3,(H2,16,21)(H,17,20). The Morgan fingerprint density at radius 1 is 1.24 bits per heavy atom. The fourth-order valence-corrected chi connectivity index (χ4v) is 2.01. The average Bonchev–Trinajstić information content (AvgIpc) is 2.53. The zero-order valence-corrected chi connectivity index (χ0v) is 12.6. The number of nitrogens with zero attached hydrogens (tertiary/aromatic N) is 2. The highest BCUT2D eigenvalue weighted by Gasteiger charge is 2.09. The van der Waals surface area contributed by atoms with Crippen molar-refractivity contribution in [3.63, 3.8) is 0 Å². The molecule has 0 radical (unpaired) electrons. The van der Waals surface area contributed by atoms with Gasteiger partial charge in [0.05, 0.1) is 0 Å². The number of benzene rings is 1. The topological polar surface area (TPSA) is 71.2 Å². The molecular formula is C15H16N4OS. The fraction of sp³-hybridized carbons (Fsp3) is 0.133. The third-order valence-electron chi connectivity index (χ3n) is 3.13. The molecule has 0 atom stereocenters. The lowest BCUT2D eigenvalue weighted by Gasteiger charge is -2.20. The Morgan fingerprint density at radius 2 is 1.90 bits per heavy atom. The first-order valence-electron chi connectivity index (χ1n) is 6.34. The first-order valence-corrected chi connectivity index (χ1v) is 6.75. The summed E-state index contributed by atoms with van der Waals surface area (Å²) in [4.78, 5) is 18.0. The maximum absolute atomic E-state index is 11.6. The van der Waals surface area contributed by atoms with Crippen LogP contribution < -0.4 is 16.0 Å². The van der Waals surface area contributed by atoms with Crippen LogP contribution in [0.1, 0.15) is 16.1 Å². The first kappa shape index (κ1) is 14.9. The third-order valence-corrected chi connectivity index (χ3v) is 3.37. The molecule has 3 N–H and O–H groups in total. The van der Waals surface area contributed by atoms with Crippen LogP contribution in [-0.2, 0) is 0 Å². The molecule has 6 heteroatoms. The minimum Gasteiger partial charge on any atom is -0.389 e. The van der Waals surface area contributed by atoms with E-state index in [0.29, 0.717) is 10.7 Å². The number of hydrogen-bond donors (Lipinski definition) is 2. The van der Waals surface area contributed by atoms with E-state index in [1.807, 2.05) is 42.3 Å². The van der Waals surface area contributed by atoms with Gasteiger partial charge in [0.15, 0.2) is 0 Å². The van der Waals surface area contributed by atoms with E-state index in [2.05, 4.69) is 10.3 Å². The second-order valence-electron chi connectivity index (χ2n) is 4.45. The van der Waals surface area contributed by atoms with E-state index in [1.165, 1.54) is 0 Å². The Morgan fingerprint density at radius 3 is 2.48 bits per heavy atom. The van der Waals surface area contributed by atoms with Crippen LogP contribution in [-0.4, -0.2) is 30.0 Å². The number of amides is 1. The molecule has 5 nitrogen and oxygen atoms in total. The summed E-state index contributed by atoms with van der Waals surface area (Å²) in [6, 6.07) is 11.2. The van der Waals surface area contributed by atoms with Crippen LogP contribution in [0.15, 0.2) is 42.6 Å². The van der Waals surface area contributed by atoms with E-state index in [1.54, 1.807) is 19.3 Å². The van der Waals surface area contributed by atoms with Crippen molar-refractivity contribution >= 4 is 34.5 Å². The van der Waals surface area contributed by atoms with E-state index in [-0.39, 0.29) is 5.91 Å². The highest BCUT2D eigenvalue weighted by molar-refractivity contribution is 7.80. The van der Waals surface area contributed by atoms with Gasteiger partial charge in [-0.3, -0.25) is 9.78 Å². The van der Waals surface area contributed by atoms with E-state index in [0.717, 1.165) is 16.9 Å². The molecule has 0 fully saturated rings. The Balaban J connectivity index is 2.29. The SMILES string of the molecule is CNC(=O)c1cc(N(C)c2ccc(C(N)=S)cc2)ccn1. The number of pyridine rings is 1. The van der Waals surface area contributed by atoms with Gasteiger partial charge in [-0.15, -0.1) is 0 Å². The van der Waals surface area contributed by atoms with Crippen molar-refractivity contribution in [3.8, 4) is 0 Å². The van der Waals surface area contributed by atoms with Gasteiger partial charge in [0, 0.05) is 37.2 Å². The Hall–Kier alpha value is -2.47. The number of aromatic nitrogens is 1. The summed E-state index contributed by atoms with van der Waals surface area (Å²) < 4.78 is 0. The van der Waals surface area contributed by atoms with Gasteiger partial charge in [-0.2, -0.15) is 0 Å². The quantitative estimate of drug-likeness (QED) is 0.843. The molecule has 2 rings (SSSR count). The summed E-state index contributed by atoms with van der Waals surface area (Å²) in [6.45, 7) is 0. The van der Waals surface area contributed by atoms with Crippen LogP contribution in [0.2, 0.25) is 0 Å². The van der Waals surface area contributed by atoms with E-state index >= 15 is 0 Å². The van der Waals surface area contributed by atoms with Crippen molar-refractivity contribution in [1.82, 2.24) is 10.3 Å². The summed E-state index contributed by atoms with van der Waals surface area (Å²) in [7, 11) is 3.49. The summed E-state index contributed by atoms with van der Waals surface area (Å²) in [5.74, 6) is -0.214. The van der Waals surface area contributed by atoms with Crippen molar-refractivity contribution < 1.29 is 4.79 Å². The predicted octanol–water partition coefficient (Wildman–Crippen LogP) is 1.84. The average molecular weight is 300 g/mol. The zero-order valence-electron chi connectivity index (χ0n) is 11.8. The second-order valence-corrected chi connectivity index (χ2v) is 4.89. The second kappa shape index (κ2) is 6.32. The fourth-order valence-electron chi connectivity index (χ4n) is 1.88. The minimum absolute atomic E-state index is 0.214. The van der Waals surface area contributed by atoms with Crippen molar-refractivity contribution in [2.45, 2.75) is 0 Å². The normalized spacial score (nSPS) is 10.0. The maximum Gasteiger partial charge on any atom is 0.269 e. The van der Waals surface area contributed by atoms with Crippen LogP contribution in [0, 0.1) is 0 Å². The monoisotopic (exact) mass is 300 g/mol. The highest BCUT2D eigenvalue weighted by atomic mass is 32.1. The van der Waals surface area contributed by atoms with Crippen LogP contribution in [0.25, 0.3) is 0 Å². The summed E-state index contributed by atoms with van der Waals surface area (Å²) in [6.07, 6.45) is 1.61. The Kier molecular flexibility index (Phi) is 4.49. The maximum atomic E-state index is 11.6. The van der Waals surface area contributed by atoms with Gasteiger partial charge in [0.1, 0.15) is 10.7 Å². The lowest BCUT2D eigenvalue weighted by Crippen LogP contribution is -2.20. The molecule has 0 bridgehead atoms. The highest BCUT2D eigenvalue weighted by Crippen LogP contribution is 2.23. The van der Waals surface area contributed by atoms with Gasteiger partial charge in [0.25, 0.3) is 5.91 Å². The predicted molar refractivity (Wildman–Crippen MR) is 88.0 cm³/mol. The molecule has 1 aromatic carbocycles. The van der Waals surface area contributed by atoms with Gasteiger partial charge in [-0.1, -0.05) is 12.2 Å². The molecule has 21 heavy (non-hydrogen) atoms. The summed E-state index contributed by atoms with van der Waals surface area (Å²) >= 11 is 4.94. The Labute approximate surface area is 128 Å².